The summed E-state index contributed by atoms with van der Waals surface area (Å²) in [5, 5.41) is 9.62. The highest BCUT2D eigenvalue weighted by atomic mass is 19.4. The molecule has 1 atom stereocenters. The molecule has 0 aliphatic heterocycles. The lowest BCUT2D eigenvalue weighted by Gasteiger charge is -2.24. The van der Waals surface area contributed by atoms with Crippen LogP contribution in [0.5, 0.6) is 5.75 Å². The fourth-order valence-corrected chi connectivity index (χ4v) is 2.38. The van der Waals surface area contributed by atoms with Gasteiger partial charge in [-0.25, -0.2) is 0 Å². The molecule has 3 nitrogen and oxygen atoms in total. The molecule has 0 bridgehead atoms. The normalized spacial score (nSPS) is 17.1. The minimum absolute atomic E-state index is 0.00784. The van der Waals surface area contributed by atoms with Crippen LogP contribution >= 0.6 is 0 Å². The number of ether oxygens (including phenoxy) is 1. The number of hydrogen-bond donors (Lipinski definition) is 1. The van der Waals surface area contributed by atoms with Gasteiger partial charge in [-0.3, -0.25) is 4.90 Å². The first-order chi connectivity index (χ1) is 9.80. The first-order valence-electron chi connectivity index (χ1n) is 6.96. The molecule has 1 aromatic carbocycles. The molecule has 6 heteroatoms. The number of benzene rings is 1. The van der Waals surface area contributed by atoms with E-state index in [4.69, 9.17) is 4.74 Å². The molecule has 1 fully saturated rings. The Morgan fingerprint density at radius 1 is 1.38 bits per heavy atom. The van der Waals surface area contributed by atoms with E-state index in [0.29, 0.717) is 16.9 Å². The van der Waals surface area contributed by atoms with Gasteiger partial charge in [0.1, 0.15) is 5.75 Å². The maximum Gasteiger partial charge on any atom is 0.401 e. The van der Waals surface area contributed by atoms with Crippen LogP contribution in [-0.4, -0.2) is 35.9 Å². The summed E-state index contributed by atoms with van der Waals surface area (Å²) in [5.74, 6) is 0.548. The predicted molar refractivity (Wildman–Crippen MR) is 73.1 cm³/mol. The molecule has 0 amide bonds. The third-order valence-electron chi connectivity index (χ3n) is 3.61. The van der Waals surface area contributed by atoms with Crippen LogP contribution in [-0.2, 0) is 6.54 Å². The number of methoxy groups -OCH3 is 1. The number of rotatable bonds is 6. The summed E-state index contributed by atoms with van der Waals surface area (Å²) in [5.41, 5.74) is 1.35. The largest absolute Gasteiger partial charge is 0.496 e. The molecule has 1 aliphatic carbocycles. The van der Waals surface area contributed by atoms with Gasteiger partial charge >= 0.3 is 6.18 Å². The number of halogens is 3. The van der Waals surface area contributed by atoms with E-state index >= 15 is 0 Å². The molecular weight excluding hydrogens is 283 g/mol. The molecule has 2 rings (SSSR count). The van der Waals surface area contributed by atoms with Crippen molar-refractivity contribution in [1.29, 1.82) is 0 Å². The van der Waals surface area contributed by atoms with Crippen molar-refractivity contribution in [3.05, 3.63) is 29.3 Å². The summed E-state index contributed by atoms with van der Waals surface area (Å²) in [6, 6.07) is 5.12. The third kappa shape index (κ3) is 4.61. The van der Waals surface area contributed by atoms with Gasteiger partial charge in [0, 0.05) is 18.2 Å². The molecule has 0 heterocycles. The minimum atomic E-state index is -4.21. The Morgan fingerprint density at radius 2 is 2.05 bits per heavy atom. The second-order valence-corrected chi connectivity index (χ2v) is 5.50. The van der Waals surface area contributed by atoms with Crippen LogP contribution in [0.4, 0.5) is 13.2 Å². The van der Waals surface area contributed by atoms with Gasteiger partial charge in [-0.1, -0.05) is 6.07 Å². The van der Waals surface area contributed by atoms with Crippen molar-refractivity contribution < 1.29 is 23.0 Å². The Morgan fingerprint density at radius 3 is 2.52 bits per heavy atom. The molecule has 0 spiro atoms. The average Bonchev–Trinajstić information content (AvgIpc) is 3.20. The quantitative estimate of drug-likeness (QED) is 0.875. The SMILES string of the molecule is COc1ccc(C(C)O)cc1CN(CC(F)(F)F)C1CC1. The van der Waals surface area contributed by atoms with Gasteiger partial charge in [-0.2, -0.15) is 13.2 Å². The van der Waals surface area contributed by atoms with Crippen LogP contribution in [0, 0.1) is 0 Å². The maximum atomic E-state index is 12.7. The zero-order valence-electron chi connectivity index (χ0n) is 12.2. The fraction of sp³-hybridized carbons (Fsp3) is 0.600. The number of nitrogens with zero attached hydrogens (tertiary/aromatic N) is 1. The van der Waals surface area contributed by atoms with Crippen molar-refractivity contribution >= 4 is 0 Å². The van der Waals surface area contributed by atoms with Crippen molar-refractivity contribution in [1.82, 2.24) is 4.90 Å². The van der Waals surface area contributed by atoms with Crippen molar-refractivity contribution in [2.45, 2.75) is 44.6 Å². The van der Waals surface area contributed by atoms with Crippen molar-refractivity contribution in [3.63, 3.8) is 0 Å². The van der Waals surface area contributed by atoms with E-state index in [9.17, 15) is 18.3 Å². The molecule has 21 heavy (non-hydrogen) atoms. The molecule has 118 valence electrons. The lowest BCUT2D eigenvalue weighted by atomic mass is 10.1. The molecule has 1 N–H and O–H groups in total. The van der Waals surface area contributed by atoms with E-state index in [-0.39, 0.29) is 12.6 Å². The van der Waals surface area contributed by atoms with E-state index in [1.54, 1.807) is 25.1 Å². The molecule has 1 unspecified atom stereocenters. The van der Waals surface area contributed by atoms with Gasteiger partial charge < -0.3 is 9.84 Å². The highest BCUT2D eigenvalue weighted by Gasteiger charge is 2.38. The molecule has 1 aromatic rings. The van der Waals surface area contributed by atoms with Crippen molar-refractivity contribution in [3.8, 4) is 5.75 Å². The standard InChI is InChI=1S/C15H20F3NO2/c1-10(20)11-3-6-14(21-2)12(7-11)8-19(13-4-5-13)9-15(16,17)18/h3,6-7,10,13,20H,4-5,8-9H2,1-2H3. The monoisotopic (exact) mass is 303 g/mol. The van der Waals surface area contributed by atoms with Gasteiger partial charge in [0.25, 0.3) is 0 Å². The van der Waals surface area contributed by atoms with Crippen LogP contribution in [0.2, 0.25) is 0 Å². The average molecular weight is 303 g/mol. The van der Waals surface area contributed by atoms with Gasteiger partial charge in [-0.05, 0) is 37.5 Å². The Balaban J connectivity index is 2.20. The van der Waals surface area contributed by atoms with Crippen molar-refractivity contribution in [2.75, 3.05) is 13.7 Å². The molecule has 0 radical (unpaired) electrons. The zero-order valence-corrected chi connectivity index (χ0v) is 12.2. The Hall–Kier alpha value is -1.27. The zero-order chi connectivity index (χ0) is 15.6. The van der Waals surface area contributed by atoms with E-state index in [2.05, 4.69) is 0 Å². The fourth-order valence-electron chi connectivity index (χ4n) is 2.38. The first kappa shape index (κ1) is 16.1. The van der Waals surface area contributed by atoms with Crippen LogP contribution in [0.15, 0.2) is 18.2 Å². The van der Waals surface area contributed by atoms with Crippen LogP contribution < -0.4 is 4.74 Å². The second kappa shape index (κ2) is 6.23. The predicted octanol–water partition coefficient (Wildman–Crippen LogP) is 3.28. The summed E-state index contributed by atoms with van der Waals surface area (Å²) in [4.78, 5) is 1.43. The van der Waals surface area contributed by atoms with E-state index in [0.717, 1.165) is 12.8 Å². The van der Waals surface area contributed by atoms with Gasteiger partial charge in [0.05, 0.1) is 19.8 Å². The second-order valence-electron chi connectivity index (χ2n) is 5.50. The summed E-state index contributed by atoms with van der Waals surface area (Å²) in [6.45, 7) is 0.883. The highest BCUT2D eigenvalue weighted by Crippen LogP contribution is 2.33. The number of aliphatic hydroxyl groups excluding tert-OH is 1. The lowest BCUT2D eigenvalue weighted by molar-refractivity contribution is -0.148. The number of hydrogen-bond acceptors (Lipinski definition) is 3. The Bertz CT molecular complexity index is 484. The van der Waals surface area contributed by atoms with Gasteiger partial charge in [0.2, 0.25) is 0 Å². The third-order valence-corrected chi connectivity index (χ3v) is 3.61. The highest BCUT2D eigenvalue weighted by molar-refractivity contribution is 5.38. The van der Waals surface area contributed by atoms with Crippen molar-refractivity contribution in [2.24, 2.45) is 0 Å². The summed E-state index contributed by atoms with van der Waals surface area (Å²) in [7, 11) is 1.49. The summed E-state index contributed by atoms with van der Waals surface area (Å²) >= 11 is 0. The Labute approximate surface area is 122 Å². The topological polar surface area (TPSA) is 32.7 Å². The van der Waals surface area contributed by atoms with E-state index in [1.165, 1.54) is 12.0 Å². The number of alkyl halides is 3. The van der Waals surface area contributed by atoms with Crippen LogP contribution in [0.1, 0.15) is 37.0 Å². The molecule has 0 aromatic heterocycles. The number of aliphatic hydroxyl groups is 1. The smallest absolute Gasteiger partial charge is 0.401 e. The first-order valence-corrected chi connectivity index (χ1v) is 6.96. The van der Waals surface area contributed by atoms with Crippen LogP contribution in [0.25, 0.3) is 0 Å². The lowest BCUT2D eigenvalue weighted by Crippen LogP contribution is -2.35. The molecule has 0 saturated heterocycles. The summed E-state index contributed by atoms with van der Waals surface area (Å²) < 4.78 is 43.2. The minimum Gasteiger partial charge on any atom is -0.496 e. The molecular formula is C15H20F3NO2. The van der Waals surface area contributed by atoms with E-state index in [1.807, 2.05) is 0 Å². The maximum absolute atomic E-state index is 12.7. The van der Waals surface area contributed by atoms with Crippen LogP contribution in [0.3, 0.4) is 0 Å². The molecule has 1 aliphatic rings. The molecule has 1 saturated carbocycles. The van der Waals surface area contributed by atoms with E-state index < -0.39 is 18.8 Å². The Kier molecular flexibility index (Phi) is 4.78. The van der Waals surface area contributed by atoms with Gasteiger partial charge in [0.15, 0.2) is 0 Å². The van der Waals surface area contributed by atoms with Gasteiger partial charge in [-0.15, -0.1) is 0 Å². The summed E-state index contributed by atoms with van der Waals surface area (Å²) in [6.07, 6.45) is -3.27.